The minimum Gasteiger partial charge on any atom is -0.495 e. The lowest BCUT2D eigenvalue weighted by molar-refractivity contribution is 0.275. The summed E-state index contributed by atoms with van der Waals surface area (Å²) in [6.45, 7) is 5.35. The van der Waals surface area contributed by atoms with Crippen LogP contribution < -0.4 is 9.64 Å². The van der Waals surface area contributed by atoms with Crippen LogP contribution in [0.4, 0.5) is 5.69 Å². The molecule has 1 saturated heterocycles. The summed E-state index contributed by atoms with van der Waals surface area (Å²) < 4.78 is 5.26. The summed E-state index contributed by atoms with van der Waals surface area (Å²) in [5.41, 5.74) is 1.72. The van der Waals surface area contributed by atoms with Gasteiger partial charge >= 0.3 is 0 Å². The third kappa shape index (κ3) is 2.41. The van der Waals surface area contributed by atoms with Crippen LogP contribution in [-0.4, -0.2) is 44.7 Å². The summed E-state index contributed by atoms with van der Waals surface area (Å²) in [7, 11) is 3.75. The van der Waals surface area contributed by atoms with Crippen molar-refractivity contribution in [3.63, 3.8) is 0 Å². The van der Waals surface area contributed by atoms with E-state index in [4.69, 9.17) is 10.00 Å². The lowest BCUT2D eigenvalue weighted by Crippen LogP contribution is -2.50. The Morgan fingerprint density at radius 3 is 2.78 bits per heavy atom. The summed E-state index contributed by atoms with van der Waals surface area (Å²) in [4.78, 5) is 4.70. The van der Waals surface area contributed by atoms with Gasteiger partial charge in [0.05, 0.1) is 12.7 Å². The number of hydrogen-bond donors (Lipinski definition) is 0. The molecule has 1 unspecified atom stereocenters. The molecule has 1 aromatic rings. The zero-order valence-electron chi connectivity index (χ0n) is 11.2. The van der Waals surface area contributed by atoms with Gasteiger partial charge in [-0.05, 0) is 26.1 Å². The van der Waals surface area contributed by atoms with Crippen molar-refractivity contribution >= 4 is 5.69 Å². The van der Waals surface area contributed by atoms with Gasteiger partial charge in [-0.15, -0.1) is 0 Å². The number of anilines is 1. The first-order valence-corrected chi connectivity index (χ1v) is 6.19. The number of nitrogens with zero attached hydrogens (tertiary/aromatic N) is 3. The molecule has 1 aromatic carbocycles. The fraction of sp³-hybridized carbons (Fsp3) is 0.500. The average molecular weight is 245 g/mol. The Balaban J connectivity index is 2.26. The van der Waals surface area contributed by atoms with Gasteiger partial charge in [-0.25, -0.2) is 0 Å². The van der Waals surface area contributed by atoms with Crippen molar-refractivity contribution in [1.29, 1.82) is 5.26 Å². The van der Waals surface area contributed by atoms with E-state index in [1.54, 1.807) is 7.11 Å². The molecule has 0 saturated carbocycles. The Bertz CT molecular complexity index is 467. The number of ether oxygens (including phenoxy) is 1. The van der Waals surface area contributed by atoms with E-state index < -0.39 is 0 Å². The Kier molecular flexibility index (Phi) is 3.73. The second-order valence-corrected chi connectivity index (χ2v) is 4.80. The van der Waals surface area contributed by atoms with Crippen molar-refractivity contribution in [2.45, 2.75) is 13.0 Å². The lowest BCUT2D eigenvalue weighted by Gasteiger charge is -2.39. The number of benzene rings is 1. The topological polar surface area (TPSA) is 39.5 Å². The van der Waals surface area contributed by atoms with Crippen molar-refractivity contribution in [2.75, 3.05) is 38.7 Å². The molecule has 1 aliphatic heterocycles. The molecular weight excluding hydrogens is 226 g/mol. The maximum absolute atomic E-state index is 8.99. The molecule has 1 atom stereocenters. The predicted octanol–water partition coefficient (Wildman–Crippen LogP) is 1.71. The Morgan fingerprint density at radius 1 is 1.39 bits per heavy atom. The SMILES string of the molecule is COc1cc(N2CCN(C)CC2C)ccc1C#N. The molecule has 4 nitrogen and oxygen atoms in total. The number of likely N-dealkylation sites (N-methyl/N-ethyl adjacent to an activating group) is 1. The van der Waals surface area contributed by atoms with Crippen LogP contribution in [0.1, 0.15) is 12.5 Å². The molecule has 1 fully saturated rings. The van der Waals surface area contributed by atoms with E-state index in [-0.39, 0.29) is 0 Å². The van der Waals surface area contributed by atoms with E-state index in [1.165, 1.54) is 0 Å². The third-order valence-corrected chi connectivity index (χ3v) is 3.47. The highest BCUT2D eigenvalue weighted by molar-refractivity contribution is 5.57. The van der Waals surface area contributed by atoms with Crippen LogP contribution in [-0.2, 0) is 0 Å². The van der Waals surface area contributed by atoms with E-state index in [0.717, 1.165) is 25.3 Å². The van der Waals surface area contributed by atoms with Crippen molar-refractivity contribution in [1.82, 2.24) is 4.90 Å². The minimum absolute atomic E-state index is 0.474. The monoisotopic (exact) mass is 245 g/mol. The molecule has 0 N–H and O–H groups in total. The molecule has 2 rings (SSSR count). The van der Waals surface area contributed by atoms with Gasteiger partial charge in [0, 0.05) is 37.4 Å². The molecule has 96 valence electrons. The average Bonchev–Trinajstić information content (AvgIpc) is 2.38. The molecule has 1 aliphatic rings. The molecule has 0 amide bonds. The minimum atomic E-state index is 0.474. The predicted molar refractivity (Wildman–Crippen MR) is 72.0 cm³/mol. The highest BCUT2D eigenvalue weighted by Gasteiger charge is 2.22. The maximum atomic E-state index is 8.99. The van der Waals surface area contributed by atoms with Crippen LogP contribution in [0.25, 0.3) is 0 Å². The molecule has 4 heteroatoms. The quantitative estimate of drug-likeness (QED) is 0.795. The largest absolute Gasteiger partial charge is 0.495 e. The Hall–Kier alpha value is -1.73. The number of methoxy groups -OCH3 is 1. The van der Waals surface area contributed by atoms with Crippen LogP contribution in [0, 0.1) is 11.3 Å². The van der Waals surface area contributed by atoms with Gasteiger partial charge < -0.3 is 14.5 Å². The summed E-state index contributed by atoms with van der Waals surface area (Å²) in [6.07, 6.45) is 0. The molecule has 1 heterocycles. The number of hydrogen-bond acceptors (Lipinski definition) is 4. The van der Waals surface area contributed by atoms with E-state index in [9.17, 15) is 0 Å². The zero-order valence-corrected chi connectivity index (χ0v) is 11.2. The third-order valence-electron chi connectivity index (χ3n) is 3.47. The van der Waals surface area contributed by atoms with Crippen LogP contribution in [0.5, 0.6) is 5.75 Å². The first kappa shape index (κ1) is 12.7. The highest BCUT2D eigenvalue weighted by Crippen LogP contribution is 2.27. The highest BCUT2D eigenvalue weighted by atomic mass is 16.5. The zero-order chi connectivity index (χ0) is 13.1. The van der Waals surface area contributed by atoms with E-state index in [0.29, 0.717) is 17.4 Å². The van der Waals surface area contributed by atoms with Crippen LogP contribution in [0.3, 0.4) is 0 Å². The summed E-state index contributed by atoms with van der Waals surface area (Å²) in [5.74, 6) is 0.654. The van der Waals surface area contributed by atoms with Gasteiger partial charge in [-0.3, -0.25) is 0 Å². The van der Waals surface area contributed by atoms with Crippen molar-refractivity contribution in [2.24, 2.45) is 0 Å². The molecule has 0 spiro atoms. The standard InChI is InChI=1S/C14H19N3O/c1-11-10-16(2)6-7-17(11)13-5-4-12(9-15)14(8-13)18-3/h4-5,8,11H,6-7,10H2,1-3H3. The van der Waals surface area contributed by atoms with Crippen LogP contribution >= 0.6 is 0 Å². The lowest BCUT2D eigenvalue weighted by atomic mass is 10.1. The summed E-state index contributed by atoms with van der Waals surface area (Å²) in [6, 6.07) is 8.41. The number of nitriles is 1. The number of rotatable bonds is 2. The second-order valence-electron chi connectivity index (χ2n) is 4.80. The second kappa shape index (κ2) is 5.28. The molecule has 0 radical (unpaired) electrons. The van der Waals surface area contributed by atoms with Gasteiger partial charge in [-0.2, -0.15) is 5.26 Å². The molecule has 0 bridgehead atoms. The Morgan fingerprint density at radius 2 is 2.17 bits per heavy atom. The smallest absolute Gasteiger partial charge is 0.138 e. The van der Waals surface area contributed by atoms with Crippen LogP contribution in [0.2, 0.25) is 0 Å². The fourth-order valence-electron chi connectivity index (χ4n) is 2.47. The van der Waals surface area contributed by atoms with E-state index in [2.05, 4.69) is 29.8 Å². The maximum Gasteiger partial charge on any atom is 0.138 e. The molecule has 0 aromatic heterocycles. The van der Waals surface area contributed by atoms with Crippen molar-refractivity contribution in [3.05, 3.63) is 23.8 Å². The van der Waals surface area contributed by atoms with E-state index in [1.807, 2.05) is 18.2 Å². The van der Waals surface area contributed by atoms with Gasteiger partial charge in [0.1, 0.15) is 11.8 Å². The number of piperazine rings is 1. The molecular formula is C14H19N3O. The first-order chi connectivity index (χ1) is 8.65. The van der Waals surface area contributed by atoms with Crippen LogP contribution in [0.15, 0.2) is 18.2 Å². The molecule has 18 heavy (non-hydrogen) atoms. The van der Waals surface area contributed by atoms with Crippen molar-refractivity contribution < 1.29 is 4.74 Å². The summed E-state index contributed by atoms with van der Waals surface area (Å²) in [5, 5.41) is 8.99. The van der Waals surface area contributed by atoms with Gasteiger partial charge in [0.2, 0.25) is 0 Å². The fourth-order valence-corrected chi connectivity index (χ4v) is 2.47. The van der Waals surface area contributed by atoms with Gasteiger partial charge in [-0.1, -0.05) is 0 Å². The van der Waals surface area contributed by atoms with Gasteiger partial charge in [0.15, 0.2) is 0 Å². The Labute approximate surface area is 108 Å². The van der Waals surface area contributed by atoms with Crippen molar-refractivity contribution in [3.8, 4) is 11.8 Å². The molecule has 0 aliphatic carbocycles. The summed E-state index contributed by atoms with van der Waals surface area (Å²) >= 11 is 0. The first-order valence-electron chi connectivity index (χ1n) is 6.19. The van der Waals surface area contributed by atoms with Gasteiger partial charge in [0.25, 0.3) is 0 Å². The normalized spacial score (nSPS) is 20.6. The van der Waals surface area contributed by atoms with E-state index >= 15 is 0 Å².